The quantitative estimate of drug-likeness (QED) is 0.545. The van der Waals surface area contributed by atoms with Crippen molar-refractivity contribution in [1.82, 2.24) is 19.9 Å². The van der Waals surface area contributed by atoms with Gasteiger partial charge in [-0.1, -0.05) is 54.6 Å². The van der Waals surface area contributed by atoms with Gasteiger partial charge in [0.25, 0.3) is 5.56 Å². The molecule has 0 aliphatic rings. The third-order valence-corrected chi connectivity index (χ3v) is 4.67. The van der Waals surface area contributed by atoms with Gasteiger partial charge in [0, 0.05) is 42.7 Å². The van der Waals surface area contributed by atoms with Crippen LogP contribution >= 0.6 is 0 Å². The third kappa shape index (κ3) is 4.83. The molecule has 5 heteroatoms. The highest BCUT2D eigenvalue weighted by Crippen LogP contribution is 2.20. The van der Waals surface area contributed by atoms with Crippen molar-refractivity contribution in [1.29, 1.82) is 0 Å². The lowest BCUT2D eigenvalue weighted by Gasteiger charge is -2.17. The van der Waals surface area contributed by atoms with Gasteiger partial charge in [0.05, 0.1) is 5.69 Å². The molecule has 4 rings (SSSR count). The number of hydrogen-bond donors (Lipinski definition) is 1. The van der Waals surface area contributed by atoms with Crippen LogP contribution in [0.25, 0.3) is 22.6 Å². The standard InChI is InChI=1S/C24H22N4O/c1-28(16-18-6-3-2-4-7-18)17-19-9-11-20(12-10-19)24-26-22(14-23(29)27-24)21-8-5-13-25-15-21/h2-15H,16-17H2,1H3,(H,26,27,29). The van der Waals surface area contributed by atoms with Crippen molar-refractivity contribution < 1.29 is 0 Å². The van der Waals surface area contributed by atoms with E-state index in [1.165, 1.54) is 17.2 Å². The summed E-state index contributed by atoms with van der Waals surface area (Å²) in [4.78, 5) is 25.9. The molecule has 0 bridgehead atoms. The maximum atomic E-state index is 12.1. The first kappa shape index (κ1) is 18.8. The summed E-state index contributed by atoms with van der Waals surface area (Å²) in [5.41, 5.74) is 4.63. The minimum Gasteiger partial charge on any atom is -0.306 e. The molecule has 0 saturated carbocycles. The molecule has 4 aromatic rings. The van der Waals surface area contributed by atoms with Crippen LogP contribution in [0.3, 0.4) is 0 Å². The molecule has 1 N–H and O–H groups in total. The number of benzene rings is 2. The zero-order chi connectivity index (χ0) is 20.1. The first-order chi connectivity index (χ1) is 14.2. The van der Waals surface area contributed by atoms with Gasteiger partial charge in [-0.05, 0) is 30.3 Å². The summed E-state index contributed by atoms with van der Waals surface area (Å²) >= 11 is 0. The van der Waals surface area contributed by atoms with E-state index in [0.29, 0.717) is 11.5 Å². The summed E-state index contributed by atoms with van der Waals surface area (Å²) < 4.78 is 0. The van der Waals surface area contributed by atoms with Crippen molar-refractivity contribution in [3.05, 3.63) is 107 Å². The van der Waals surface area contributed by atoms with Crippen molar-refractivity contribution in [3.63, 3.8) is 0 Å². The SMILES string of the molecule is CN(Cc1ccccc1)Cc1ccc(-c2nc(-c3cccnc3)cc(=O)[nH]2)cc1. The monoisotopic (exact) mass is 382 g/mol. The van der Waals surface area contributed by atoms with Crippen molar-refractivity contribution in [3.8, 4) is 22.6 Å². The van der Waals surface area contributed by atoms with Crippen LogP contribution in [0, 0.1) is 0 Å². The molecule has 2 heterocycles. The highest BCUT2D eigenvalue weighted by atomic mass is 16.1. The van der Waals surface area contributed by atoms with Gasteiger partial charge in [-0.15, -0.1) is 0 Å². The van der Waals surface area contributed by atoms with Gasteiger partial charge in [0.2, 0.25) is 0 Å². The second kappa shape index (κ2) is 8.63. The minimum atomic E-state index is -0.180. The van der Waals surface area contributed by atoms with Crippen molar-refractivity contribution in [2.45, 2.75) is 13.1 Å². The Morgan fingerprint density at radius 2 is 1.59 bits per heavy atom. The molecule has 29 heavy (non-hydrogen) atoms. The van der Waals surface area contributed by atoms with Gasteiger partial charge in [-0.3, -0.25) is 14.7 Å². The Bertz CT molecular complexity index is 1120. The Kier molecular flexibility index (Phi) is 5.59. The lowest BCUT2D eigenvalue weighted by Crippen LogP contribution is -2.17. The summed E-state index contributed by atoms with van der Waals surface area (Å²) in [6, 6.07) is 23.8. The van der Waals surface area contributed by atoms with Crippen LogP contribution in [0.4, 0.5) is 0 Å². The molecule has 144 valence electrons. The molecule has 2 aromatic heterocycles. The summed E-state index contributed by atoms with van der Waals surface area (Å²) in [6.45, 7) is 1.74. The van der Waals surface area contributed by atoms with E-state index in [1.54, 1.807) is 12.4 Å². The van der Waals surface area contributed by atoms with Crippen molar-refractivity contribution >= 4 is 0 Å². The average Bonchev–Trinajstić information content (AvgIpc) is 2.75. The third-order valence-electron chi connectivity index (χ3n) is 4.67. The van der Waals surface area contributed by atoms with Crippen molar-refractivity contribution in [2.75, 3.05) is 7.05 Å². The average molecular weight is 382 g/mol. The summed E-state index contributed by atoms with van der Waals surface area (Å²) in [7, 11) is 2.11. The van der Waals surface area contributed by atoms with Gasteiger partial charge in [-0.2, -0.15) is 0 Å². The predicted molar refractivity (Wildman–Crippen MR) is 115 cm³/mol. The molecule has 0 spiro atoms. The number of nitrogens with zero attached hydrogens (tertiary/aromatic N) is 3. The molecule has 0 aliphatic heterocycles. The lowest BCUT2D eigenvalue weighted by molar-refractivity contribution is 0.319. The van der Waals surface area contributed by atoms with E-state index >= 15 is 0 Å². The van der Waals surface area contributed by atoms with E-state index in [2.05, 4.69) is 63.3 Å². The first-order valence-electron chi connectivity index (χ1n) is 9.51. The molecule has 2 aromatic carbocycles. The number of hydrogen-bond acceptors (Lipinski definition) is 4. The number of aromatic amines is 1. The van der Waals surface area contributed by atoms with Crippen LogP contribution < -0.4 is 5.56 Å². The largest absolute Gasteiger partial charge is 0.306 e. The fourth-order valence-corrected chi connectivity index (χ4v) is 3.29. The van der Waals surface area contributed by atoms with E-state index in [1.807, 2.05) is 30.3 Å². The lowest BCUT2D eigenvalue weighted by atomic mass is 10.1. The summed E-state index contributed by atoms with van der Waals surface area (Å²) in [6.07, 6.45) is 3.41. The molecule has 0 saturated heterocycles. The molecule has 0 amide bonds. The zero-order valence-electron chi connectivity index (χ0n) is 16.2. The van der Waals surface area contributed by atoms with E-state index in [9.17, 15) is 4.79 Å². The number of pyridine rings is 1. The Morgan fingerprint density at radius 1 is 0.862 bits per heavy atom. The van der Waals surface area contributed by atoms with Gasteiger partial charge < -0.3 is 4.98 Å². The van der Waals surface area contributed by atoms with Gasteiger partial charge in [0.1, 0.15) is 5.82 Å². The Labute approximate surface area is 169 Å². The fourth-order valence-electron chi connectivity index (χ4n) is 3.29. The van der Waals surface area contributed by atoms with Crippen LogP contribution in [0.15, 0.2) is 90.0 Å². The van der Waals surface area contributed by atoms with Gasteiger partial charge >= 0.3 is 0 Å². The van der Waals surface area contributed by atoms with Crippen LogP contribution in [-0.2, 0) is 13.1 Å². The van der Waals surface area contributed by atoms with E-state index in [4.69, 9.17) is 0 Å². The van der Waals surface area contributed by atoms with E-state index in [0.717, 1.165) is 24.2 Å². The van der Waals surface area contributed by atoms with Crippen LogP contribution in [0.1, 0.15) is 11.1 Å². The van der Waals surface area contributed by atoms with Gasteiger partial charge in [0.15, 0.2) is 0 Å². The Balaban J connectivity index is 1.51. The predicted octanol–water partition coefficient (Wildman–Crippen LogP) is 4.13. The Hall–Kier alpha value is -3.57. The molecule has 0 fully saturated rings. The molecular formula is C24H22N4O. The molecular weight excluding hydrogens is 360 g/mol. The molecule has 0 atom stereocenters. The summed E-state index contributed by atoms with van der Waals surface area (Å²) in [5.74, 6) is 0.556. The zero-order valence-corrected chi connectivity index (χ0v) is 16.2. The smallest absolute Gasteiger partial charge is 0.251 e. The maximum Gasteiger partial charge on any atom is 0.251 e. The fraction of sp³-hybridized carbons (Fsp3) is 0.125. The molecule has 0 unspecified atom stereocenters. The highest BCUT2D eigenvalue weighted by Gasteiger charge is 2.07. The second-order valence-corrected chi connectivity index (χ2v) is 7.08. The van der Waals surface area contributed by atoms with Crippen LogP contribution in [-0.4, -0.2) is 26.9 Å². The topological polar surface area (TPSA) is 61.9 Å². The normalized spacial score (nSPS) is 11.0. The van der Waals surface area contributed by atoms with Crippen LogP contribution in [0.2, 0.25) is 0 Å². The second-order valence-electron chi connectivity index (χ2n) is 7.08. The van der Waals surface area contributed by atoms with E-state index < -0.39 is 0 Å². The molecule has 0 radical (unpaired) electrons. The van der Waals surface area contributed by atoms with Crippen LogP contribution in [0.5, 0.6) is 0 Å². The van der Waals surface area contributed by atoms with Gasteiger partial charge in [-0.25, -0.2) is 4.98 Å². The first-order valence-corrected chi connectivity index (χ1v) is 9.51. The highest BCUT2D eigenvalue weighted by molar-refractivity contribution is 5.62. The molecule has 5 nitrogen and oxygen atoms in total. The Morgan fingerprint density at radius 3 is 2.28 bits per heavy atom. The minimum absolute atomic E-state index is 0.180. The summed E-state index contributed by atoms with van der Waals surface area (Å²) in [5, 5.41) is 0. The number of rotatable bonds is 6. The molecule has 0 aliphatic carbocycles. The number of H-pyrrole nitrogens is 1. The van der Waals surface area contributed by atoms with E-state index in [-0.39, 0.29) is 5.56 Å². The maximum absolute atomic E-state index is 12.1. The number of nitrogens with one attached hydrogen (secondary N) is 1. The van der Waals surface area contributed by atoms with Crippen molar-refractivity contribution in [2.24, 2.45) is 0 Å². The number of aromatic nitrogens is 3.